The molecule has 1 N–H and O–H groups in total. The highest BCUT2D eigenvalue weighted by Gasteiger charge is 2.29. The van der Waals surface area contributed by atoms with Gasteiger partial charge in [-0.25, -0.2) is 10.2 Å². The van der Waals surface area contributed by atoms with E-state index in [1.807, 2.05) is 51.1 Å². The summed E-state index contributed by atoms with van der Waals surface area (Å²) in [6, 6.07) is 12.9. The Morgan fingerprint density at radius 1 is 1.09 bits per heavy atom. The van der Waals surface area contributed by atoms with Crippen molar-refractivity contribution in [3.8, 4) is 5.75 Å². The van der Waals surface area contributed by atoms with Crippen molar-refractivity contribution in [2.75, 3.05) is 0 Å². The van der Waals surface area contributed by atoms with Gasteiger partial charge in [0, 0.05) is 22.6 Å². The maximum atomic E-state index is 12.9. The number of nitrogens with zero attached hydrogens (tertiary/aromatic N) is 1. The lowest BCUT2D eigenvalue weighted by Crippen LogP contribution is -2.23. The summed E-state index contributed by atoms with van der Waals surface area (Å²) in [7, 11) is 0. The van der Waals surface area contributed by atoms with E-state index in [1.165, 1.54) is 0 Å². The minimum atomic E-state index is -0.574. The molecule has 0 spiro atoms. The number of benzene rings is 2. The highest BCUT2D eigenvalue weighted by atomic mass is 35.5. The fourth-order valence-corrected chi connectivity index (χ4v) is 4.15. The van der Waals surface area contributed by atoms with Crippen LogP contribution in [0.5, 0.6) is 5.75 Å². The van der Waals surface area contributed by atoms with Crippen molar-refractivity contribution < 1.29 is 18.7 Å². The lowest BCUT2D eigenvalue weighted by molar-refractivity contribution is -0.120. The third kappa shape index (κ3) is 5.01. The van der Waals surface area contributed by atoms with Crippen LogP contribution >= 0.6 is 11.6 Å². The monoisotopic (exact) mass is 464 g/mol. The highest BCUT2D eigenvalue weighted by Crippen LogP contribution is 2.31. The summed E-state index contributed by atoms with van der Waals surface area (Å²) in [6.45, 7) is 5.53. The van der Waals surface area contributed by atoms with Gasteiger partial charge >= 0.3 is 5.97 Å². The predicted octanol–water partition coefficient (Wildman–Crippen LogP) is 5.48. The molecule has 33 heavy (non-hydrogen) atoms. The van der Waals surface area contributed by atoms with Crippen molar-refractivity contribution in [2.24, 2.45) is 5.10 Å². The third-order valence-electron chi connectivity index (χ3n) is 5.65. The normalized spacial score (nSPS) is 14.1. The van der Waals surface area contributed by atoms with Crippen LogP contribution in [0.3, 0.4) is 0 Å². The number of hydrazone groups is 1. The number of carbonyl (C=O) groups excluding carboxylic acids is 2. The largest absolute Gasteiger partial charge is 0.453 e. The summed E-state index contributed by atoms with van der Waals surface area (Å²) in [6.07, 6.45) is 2.44. The Morgan fingerprint density at radius 3 is 2.48 bits per heavy atom. The molecule has 1 amide bonds. The van der Waals surface area contributed by atoms with Crippen molar-refractivity contribution in [1.82, 2.24) is 5.43 Å². The van der Waals surface area contributed by atoms with Crippen LogP contribution in [0.15, 0.2) is 52.0 Å². The number of fused-ring (bicyclic) bond motifs is 1. The molecule has 1 aliphatic carbocycles. The Labute approximate surface area is 197 Å². The molecule has 0 unspecified atom stereocenters. The molecule has 4 rings (SSSR count). The SMILES string of the molecule is Cc1cc(OC(=O)c2oc3c(c2C)/C(=N/NC(=O)Cc2ccccc2)CCC3)cc(C)c1Cl. The number of carbonyl (C=O) groups is 2. The number of furan rings is 1. The fourth-order valence-electron chi connectivity index (χ4n) is 4.04. The summed E-state index contributed by atoms with van der Waals surface area (Å²) in [5.74, 6) is 0.474. The predicted molar refractivity (Wildman–Crippen MR) is 127 cm³/mol. The number of rotatable bonds is 5. The van der Waals surface area contributed by atoms with Gasteiger partial charge in [-0.2, -0.15) is 5.10 Å². The lowest BCUT2D eigenvalue weighted by atomic mass is 9.93. The summed E-state index contributed by atoms with van der Waals surface area (Å²) < 4.78 is 11.5. The molecule has 0 bridgehead atoms. The van der Waals surface area contributed by atoms with Gasteiger partial charge in [-0.05, 0) is 62.4 Å². The summed E-state index contributed by atoms with van der Waals surface area (Å²) >= 11 is 6.21. The number of halogens is 1. The van der Waals surface area contributed by atoms with Gasteiger partial charge in [0.25, 0.3) is 0 Å². The average molecular weight is 465 g/mol. The Bertz CT molecular complexity index is 1220. The molecule has 1 heterocycles. The number of hydrogen-bond acceptors (Lipinski definition) is 5. The van der Waals surface area contributed by atoms with Gasteiger partial charge in [0.05, 0.1) is 12.1 Å². The van der Waals surface area contributed by atoms with Crippen molar-refractivity contribution in [2.45, 2.75) is 46.5 Å². The number of esters is 1. The minimum absolute atomic E-state index is 0.149. The van der Waals surface area contributed by atoms with Crippen molar-refractivity contribution in [3.63, 3.8) is 0 Å². The van der Waals surface area contributed by atoms with E-state index < -0.39 is 5.97 Å². The molecule has 0 atom stereocenters. The van der Waals surface area contributed by atoms with Gasteiger partial charge in [0.1, 0.15) is 11.5 Å². The van der Waals surface area contributed by atoms with E-state index in [4.69, 9.17) is 20.8 Å². The Balaban J connectivity index is 1.53. The lowest BCUT2D eigenvalue weighted by Gasteiger charge is -2.13. The molecule has 0 saturated heterocycles. The molecule has 0 radical (unpaired) electrons. The number of amides is 1. The average Bonchev–Trinajstić information content (AvgIpc) is 3.14. The van der Waals surface area contributed by atoms with Crippen LogP contribution < -0.4 is 10.2 Å². The van der Waals surface area contributed by atoms with E-state index in [0.717, 1.165) is 28.7 Å². The summed E-state index contributed by atoms with van der Waals surface area (Å²) in [5, 5.41) is 5.01. The number of ether oxygens (including phenoxy) is 1. The molecule has 170 valence electrons. The topological polar surface area (TPSA) is 80.9 Å². The van der Waals surface area contributed by atoms with Crippen LogP contribution in [0, 0.1) is 20.8 Å². The van der Waals surface area contributed by atoms with Crippen molar-refractivity contribution >= 4 is 29.2 Å². The van der Waals surface area contributed by atoms with E-state index in [9.17, 15) is 9.59 Å². The molecule has 6 nitrogen and oxygen atoms in total. The second-order valence-corrected chi connectivity index (χ2v) is 8.60. The Hall–Kier alpha value is -3.38. The van der Waals surface area contributed by atoms with E-state index in [1.54, 1.807) is 12.1 Å². The molecule has 1 aliphatic rings. The molecule has 2 aromatic carbocycles. The van der Waals surface area contributed by atoms with E-state index in [-0.39, 0.29) is 18.1 Å². The first kappa shape index (κ1) is 22.8. The zero-order chi connectivity index (χ0) is 23.5. The van der Waals surface area contributed by atoms with Crippen LogP contribution in [-0.4, -0.2) is 17.6 Å². The smallest absolute Gasteiger partial charge is 0.379 e. The van der Waals surface area contributed by atoms with Crippen LogP contribution in [0.4, 0.5) is 0 Å². The van der Waals surface area contributed by atoms with Crippen LogP contribution in [0.2, 0.25) is 5.02 Å². The maximum absolute atomic E-state index is 12.9. The summed E-state index contributed by atoms with van der Waals surface area (Å²) in [5.41, 5.74) is 7.36. The quantitative estimate of drug-likeness (QED) is 0.308. The molecular weight excluding hydrogens is 440 g/mol. The highest BCUT2D eigenvalue weighted by molar-refractivity contribution is 6.32. The van der Waals surface area contributed by atoms with Crippen LogP contribution in [-0.2, 0) is 17.6 Å². The molecule has 7 heteroatoms. The molecule has 0 fully saturated rings. The molecular formula is C26H25ClN2O4. The number of nitrogens with one attached hydrogen (secondary N) is 1. The Kier molecular flexibility index (Phi) is 6.65. The number of aryl methyl sites for hydroxylation is 3. The van der Waals surface area contributed by atoms with E-state index in [0.29, 0.717) is 40.6 Å². The third-order valence-corrected chi connectivity index (χ3v) is 6.25. The van der Waals surface area contributed by atoms with Crippen molar-refractivity contribution in [1.29, 1.82) is 0 Å². The van der Waals surface area contributed by atoms with Crippen LogP contribution in [0.1, 0.15) is 57.0 Å². The van der Waals surface area contributed by atoms with E-state index >= 15 is 0 Å². The standard InChI is InChI=1S/C26H25ClN2O4/c1-15-12-19(13-16(2)24(15)27)32-26(31)25-17(3)23-20(10-7-11-21(23)33-25)28-29-22(30)14-18-8-5-4-6-9-18/h4-6,8-9,12-13H,7,10-11,14H2,1-3H3,(H,29,30)/b28-20+. The summed E-state index contributed by atoms with van der Waals surface area (Å²) in [4.78, 5) is 25.2. The molecule has 3 aromatic rings. The minimum Gasteiger partial charge on any atom is -0.453 e. The first-order chi connectivity index (χ1) is 15.8. The van der Waals surface area contributed by atoms with Crippen LogP contribution in [0.25, 0.3) is 0 Å². The van der Waals surface area contributed by atoms with Gasteiger partial charge in [-0.15, -0.1) is 0 Å². The zero-order valence-corrected chi connectivity index (χ0v) is 19.6. The maximum Gasteiger partial charge on any atom is 0.379 e. The van der Waals surface area contributed by atoms with Gasteiger partial charge < -0.3 is 9.15 Å². The first-order valence-electron chi connectivity index (χ1n) is 10.8. The molecule has 1 aromatic heterocycles. The number of hydrogen-bond donors (Lipinski definition) is 1. The zero-order valence-electron chi connectivity index (χ0n) is 18.8. The van der Waals surface area contributed by atoms with Gasteiger partial charge in [-0.1, -0.05) is 41.9 Å². The molecule has 0 aliphatic heterocycles. The van der Waals surface area contributed by atoms with Gasteiger partial charge in [0.15, 0.2) is 0 Å². The van der Waals surface area contributed by atoms with Gasteiger partial charge in [0.2, 0.25) is 11.7 Å². The molecule has 0 saturated carbocycles. The second-order valence-electron chi connectivity index (χ2n) is 8.22. The van der Waals surface area contributed by atoms with Gasteiger partial charge in [-0.3, -0.25) is 4.79 Å². The second kappa shape index (κ2) is 9.63. The van der Waals surface area contributed by atoms with E-state index in [2.05, 4.69) is 10.5 Å². The van der Waals surface area contributed by atoms with Crippen molar-refractivity contribution in [3.05, 3.63) is 86.8 Å². The first-order valence-corrected chi connectivity index (χ1v) is 11.2. The Morgan fingerprint density at radius 2 is 1.79 bits per heavy atom. The fraction of sp³-hybridized carbons (Fsp3) is 0.269.